The van der Waals surface area contributed by atoms with Crippen molar-refractivity contribution in [3.05, 3.63) is 83.1 Å². The number of hydrogen-bond acceptors (Lipinski definition) is 7. The van der Waals surface area contributed by atoms with Crippen LogP contribution in [0, 0.1) is 5.92 Å². The van der Waals surface area contributed by atoms with Crippen LogP contribution in [0.3, 0.4) is 0 Å². The first-order valence-corrected chi connectivity index (χ1v) is 14.0. The average Bonchev–Trinajstić information content (AvgIpc) is 3.43. The van der Waals surface area contributed by atoms with E-state index >= 15 is 0 Å². The Morgan fingerprint density at radius 3 is 2.54 bits per heavy atom. The number of likely N-dealkylation sites (tertiary alicyclic amines) is 1. The lowest BCUT2D eigenvalue weighted by Crippen LogP contribution is -2.38. The molecule has 4 aromatic rings. The van der Waals surface area contributed by atoms with Gasteiger partial charge in [0.1, 0.15) is 0 Å². The third-order valence-corrected chi connectivity index (χ3v) is 7.41. The number of carbonyl (C=O) groups excluding carboxylic acids is 1. The highest BCUT2D eigenvalue weighted by Gasteiger charge is 2.22. The number of carbonyl (C=O) groups is 1. The standard InChI is InChI=1S/C27H30N6OS.C2H6/c1-19(22-9-5-6-13-28-22)30-27-31-23-12-16-35-25(23)24(32-27)26(34)29-17-20-10-14-33(15-11-20)18-21-7-3-2-4-8-21;1-2/h2-9,12-13,16,19-20H,10-11,14-15,17-18H2,1H3,(H,29,34)(H,30,31,32);1-2H3. The van der Waals surface area contributed by atoms with E-state index in [4.69, 9.17) is 0 Å². The molecular weight excluding hydrogens is 480 g/mol. The van der Waals surface area contributed by atoms with Crippen molar-refractivity contribution < 1.29 is 4.79 Å². The Morgan fingerprint density at radius 2 is 1.81 bits per heavy atom. The van der Waals surface area contributed by atoms with Gasteiger partial charge in [-0.1, -0.05) is 50.2 Å². The summed E-state index contributed by atoms with van der Waals surface area (Å²) in [7, 11) is 0. The van der Waals surface area contributed by atoms with E-state index in [0.29, 0.717) is 24.1 Å². The van der Waals surface area contributed by atoms with Crippen LogP contribution in [0.15, 0.2) is 66.2 Å². The second kappa shape index (κ2) is 13.3. The van der Waals surface area contributed by atoms with Crippen LogP contribution in [-0.4, -0.2) is 45.4 Å². The first-order chi connectivity index (χ1) is 18.2. The lowest BCUT2D eigenvalue weighted by molar-refractivity contribution is 0.0932. The summed E-state index contributed by atoms with van der Waals surface area (Å²) in [5, 5.41) is 8.40. The normalized spacial score (nSPS) is 15.0. The molecule has 1 aliphatic heterocycles. The zero-order chi connectivity index (χ0) is 26.0. The van der Waals surface area contributed by atoms with E-state index in [1.165, 1.54) is 16.9 Å². The molecule has 4 heterocycles. The second-order valence-corrected chi connectivity index (χ2v) is 9.98. The molecule has 1 atom stereocenters. The molecule has 1 amide bonds. The highest BCUT2D eigenvalue weighted by atomic mass is 32.1. The number of piperidine rings is 1. The molecule has 1 saturated heterocycles. The number of anilines is 1. The molecule has 1 unspecified atom stereocenters. The Hall–Kier alpha value is -3.36. The molecule has 0 radical (unpaired) electrons. The average molecular weight is 517 g/mol. The van der Waals surface area contributed by atoms with E-state index in [2.05, 4.69) is 60.8 Å². The predicted molar refractivity (Wildman–Crippen MR) is 152 cm³/mol. The summed E-state index contributed by atoms with van der Waals surface area (Å²) in [6.07, 6.45) is 3.93. The summed E-state index contributed by atoms with van der Waals surface area (Å²) in [5.74, 6) is 0.780. The lowest BCUT2D eigenvalue weighted by atomic mass is 9.96. The lowest BCUT2D eigenvalue weighted by Gasteiger charge is -2.32. The Morgan fingerprint density at radius 1 is 1.05 bits per heavy atom. The van der Waals surface area contributed by atoms with Gasteiger partial charge in [-0.15, -0.1) is 11.3 Å². The molecule has 37 heavy (non-hydrogen) atoms. The number of thiophene rings is 1. The van der Waals surface area contributed by atoms with E-state index in [1.807, 2.05) is 50.4 Å². The van der Waals surface area contributed by atoms with Crippen molar-refractivity contribution in [2.24, 2.45) is 5.92 Å². The van der Waals surface area contributed by atoms with Gasteiger partial charge in [0.2, 0.25) is 5.95 Å². The summed E-state index contributed by atoms with van der Waals surface area (Å²) in [5.41, 5.74) is 3.46. The van der Waals surface area contributed by atoms with Gasteiger partial charge in [0, 0.05) is 19.3 Å². The maximum atomic E-state index is 13.2. The van der Waals surface area contributed by atoms with Gasteiger partial charge >= 0.3 is 0 Å². The van der Waals surface area contributed by atoms with E-state index in [0.717, 1.165) is 48.4 Å². The molecule has 1 aliphatic rings. The number of amides is 1. The molecule has 194 valence electrons. The molecular formula is C29H36N6OS. The number of aromatic nitrogens is 3. The minimum atomic E-state index is -0.139. The minimum absolute atomic E-state index is 0.0794. The van der Waals surface area contributed by atoms with Crippen molar-refractivity contribution in [3.63, 3.8) is 0 Å². The molecule has 0 aliphatic carbocycles. The molecule has 7 nitrogen and oxygen atoms in total. The first-order valence-electron chi connectivity index (χ1n) is 13.1. The van der Waals surface area contributed by atoms with Crippen molar-refractivity contribution in [1.82, 2.24) is 25.2 Å². The third-order valence-electron chi connectivity index (χ3n) is 6.50. The van der Waals surface area contributed by atoms with Crippen molar-refractivity contribution in [2.75, 3.05) is 25.0 Å². The summed E-state index contributed by atoms with van der Waals surface area (Å²) < 4.78 is 0.816. The van der Waals surface area contributed by atoms with Gasteiger partial charge in [-0.2, -0.15) is 0 Å². The molecule has 1 fully saturated rings. The molecule has 8 heteroatoms. The van der Waals surface area contributed by atoms with E-state index in [9.17, 15) is 4.79 Å². The molecule has 2 N–H and O–H groups in total. The van der Waals surface area contributed by atoms with E-state index < -0.39 is 0 Å². The number of nitrogens with zero attached hydrogens (tertiary/aromatic N) is 4. The van der Waals surface area contributed by atoms with Gasteiger partial charge < -0.3 is 10.6 Å². The Bertz CT molecular complexity index is 1260. The predicted octanol–water partition coefficient (Wildman–Crippen LogP) is 5.93. The van der Waals surface area contributed by atoms with Crippen molar-refractivity contribution in [3.8, 4) is 0 Å². The maximum Gasteiger partial charge on any atom is 0.271 e. The largest absolute Gasteiger partial charge is 0.350 e. The monoisotopic (exact) mass is 516 g/mol. The van der Waals surface area contributed by atoms with Crippen molar-refractivity contribution in [2.45, 2.75) is 46.2 Å². The fourth-order valence-electron chi connectivity index (χ4n) is 4.49. The van der Waals surface area contributed by atoms with Gasteiger partial charge in [-0.3, -0.25) is 14.7 Å². The molecule has 1 aromatic carbocycles. The van der Waals surface area contributed by atoms with Crippen LogP contribution in [0.4, 0.5) is 5.95 Å². The Balaban J connectivity index is 0.00000156. The van der Waals surface area contributed by atoms with Gasteiger partial charge in [0.15, 0.2) is 5.69 Å². The first kappa shape index (κ1) is 26.7. The number of hydrogen-bond donors (Lipinski definition) is 2. The number of benzene rings is 1. The molecule has 0 saturated carbocycles. The number of nitrogens with one attached hydrogen (secondary N) is 2. The molecule has 0 spiro atoms. The maximum absolute atomic E-state index is 13.2. The second-order valence-electron chi connectivity index (χ2n) is 9.07. The zero-order valence-electron chi connectivity index (χ0n) is 21.9. The van der Waals surface area contributed by atoms with Gasteiger partial charge in [0.25, 0.3) is 5.91 Å². The minimum Gasteiger partial charge on any atom is -0.350 e. The van der Waals surface area contributed by atoms with Crippen LogP contribution >= 0.6 is 11.3 Å². The highest BCUT2D eigenvalue weighted by Crippen LogP contribution is 2.25. The zero-order valence-corrected chi connectivity index (χ0v) is 22.7. The number of rotatable bonds is 8. The van der Waals surface area contributed by atoms with Crippen LogP contribution in [-0.2, 0) is 6.54 Å². The third kappa shape index (κ3) is 7.11. The Labute approximate surface area is 223 Å². The SMILES string of the molecule is CC.CC(Nc1nc(C(=O)NCC2CCN(Cc3ccccc3)CC2)c2sccc2n1)c1ccccn1. The Kier molecular flexibility index (Phi) is 9.57. The summed E-state index contributed by atoms with van der Waals surface area (Å²) >= 11 is 1.50. The van der Waals surface area contributed by atoms with Gasteiger partial charge in [-0.25, -0.2) is 9.97 Å². The summed E-state index contributed by atoms with van der Waals surface area (Å²) in [4.78, 5) is 29.3. The van der Waals surface area contributed by atoms with E-state index in [-0.39, 0.29) is 11.9 Å². The summed E-state index contributed by atoms with van der Waals surface area (Å²) in [6.45, 7) is 9.77. The van der Waals surface area contributed by atoms with Crippen LogP contribution in [0.5, 0.6) is 0 Å². The van der Waals surface area contributed by atoms with Crippen LogP contribution in [0.1, 0.15) is 61.4 Å². The van der Waals surface area contributed by atoms with Gasteiger partial charge in [-0.05, 0) is 67.9 Å². The molecule has 0 bridgehead atoms. The molecule has 3 aromatic heterocycles. The van der Waals surface area contributed by atoms with E-state index in [1.54, 1.807) is 6.20 Å². The van der Waals surface area contributed by atoms with Crippen LogP contribution in [0.25, 0.3) is 10.2 Å². The fraction of sp³-hybridized carbons (Fsp3) is 0.379. The van der Waals surface area contributed by atoms with Gasteiger partial charge in [0.05, 0.1) is 22.0 Å². The quantitative estimate of drug-likeness (QED) is 0.302. The number of fused-ring (bicyclic) bond motifs is 1. The fourth-order valence-corrected chi connectivity index (χ4v) is 5.31. The molecule has 5 rings (SSSR count). The van der Waals surface area contributed by atoms with Crippen LogP contribution < -0.4 is 10.6 Å². The highest BCUT2D eigenvalue weighted by molar-refractivity contribution is 7.17. The topological polar surface area (TPSA) is 83.0 Å². The van der Waals surface area contributed by atoms with Crippen LogP contribution in [0.2, 0.25) is 0 Å². The summed E-state index contributed by atoms with van der Waals surface area (Å²) in [6, 6.07) is 18.2. The smallest absolute Gasteiger partial charge is 0.271 e. The van der Waals surface area contributed by atoms with Crippen molar-refractivity contribution in [1.29, 1.82) is 0 Å². The number of pyridine rings is 1. The van der Waals surface area contributed by atoms with Crippen molar-refractivity contribution >= 4 is 33.4 Å².